The van der Waals surface area contributed by atoms with Crippen LogP contribution in [0.5, 0.6) is 5.75 Å². The molecule has 1 aromatic rings. The molecule has 1 aromatic carbocycles. The van der Waals surface area contributed by atoms with E-state index in [1.54, 1.807) is 24.3 Å². The van der Waals surface area contributed by atoms with Gasteiger partial charge in [0.2, 0.25) is 5.91 Å². The van der Waals surface area contributed by atoms with Gasteiger partial charge in [0, 0.05) is 13.5 Å². The Hall–Kier alpha value is -2.10. The molecule has 90 valence electrons. The molecule has 1 amide bonds. The molecule has 4 nitrogen and oxygen atoms in total. The van der Waals surface area contributed by atoms with Crippen molar-refractivity contribution in [1.82, 2.24) is 5.32 Å². The van der Waals surface area contributed by atoms with Gasteiger partial charge in [0.15, 0.2) is 5.78 Å². The van der Waals surface area contributed by atoms with Gasteiger partial charge in [-0.05, 0) is 24.6 Å². The van der Waals surface area contributed by atoms with Crippen LogP contribution in [-0.4, -0.2) is 23.3 Å². The minimum absolute atomic E-state index is 0.0285. The van der Waals surface area contributed by atoms with E-state index in [2.05, 4.69) is 5.32 Å². The van der Waals surface area contributed by atoms with Gasteiger partial charge in [-0.25, -0.2) is 0 Å². The van der Waals surface area contributed by atoms with Crippen LogP contribution in [0.1, 0.15) is 29.8 Å². The SMILES string of the molecule is CC(=O)NCC=Cc1ccc(C(C)=O)c(O)c1. The topological polar surface area (TPSA) is 66.4 Å². The van der Waals surface area contributed by atoms with Crippen LogP contribution in [0, 0.1) is 0 Å². The van der Waals surface area contributed by atoms with Crippen LogP contribution in [0.4, 0.5) is 0 Å². The third kappa shape index (κ3) is 4.10. The summed E-state index contributed by atoms with van der Waals surface area (Å²) in [5.74, 6) is -0.292. The summed E-state index contributed by atoms with van der Waals surface area (Å²) in [6.45, 7) is 3.28. The van der Waals surface area contributed by atoms with Crippen LogP contribution < -0.4 is 5.32 Å². The molecule has 0 aliphatic carbocycles. The number of ketones is 1. The van der Waals surface area contributed by atoms with E-state index in [1.807, 2.05) is 0 Å². The lowest BCUT2D eigenvalue weighted by molar-refractivity contribution is -0.118. The highest BCUT2D eigenvalue weighted by Gasteiger charge is 2.05. The molecule has 0 saturated heterocycles. The molecule has 17 heavy (non-hydrogen) atoms. The lowest BCUT2D eigenvalue weighted by Gasteiger charge is -2.01. The van der Waals surface area contributed by atoms with Gasteiger partial charge in [-0.3, -0.25) is 9.59 Å². The van der Waals surface area contributed by atoms with Crippen molar-refractivity contribution in [3.05, 3.63) is 35.4 Å². The standard InChI is InChI=1S/C13H15NO3/c1-9(15)12-6-5-11(8-13(12)17)4-3-7-14-10(2)16/h3-6,8,17H,7H2,1-2H3,(H,14,16). The monoisotopic (exact) mass is 233 g/mol. The number of rotatable bonds is 4. The fraction of sp³-hybridized carbons (Fsp3) is 0.231. The lowest BCUT2D eigenvalue weighted by atomic mass is 10.1. The second-order valence-electron chi connectivity index (χ2n) is 3.67. The quantitative estimate of drug-likeness (QED) is 0.778. The maximum absolute atomic E-state index is 11.1. The van der Waals surface area contributed by atoms with Gasteiger partial charge in [-0.1, -0.05) is 18.2 Å². The van der Waals surface area contributed by atoms with Crippen LogP contribution in [0.25, 0.3) is 6.08 Å². The third-order valence-electron chi connectivity index (χ3n) is 2.18. The van der Waals surface area contributed by atoms with E-state index in [1.165, 1.54) is 19.9 Å². The van der Waals surface area contributed by atoms with Gasteiger partial charge in [0.25, 0.3) is 0 Å². The van der Waals surface area contributed by atoms with Crippen LogP contribution in [0.2, 0.25) is 0 Å². The van der Waals surface area contributed by atoms with Crippen molar-refractivity contribution in [3.63, 3.8) is 0 Å². The van der Waals surface area contributed by atoms with Gasteiger partial charge >= 0.3 is 0 Å². The Balaban J connectivity index is 2.70. The summed E-state index contributed by atoms with van der Waals surface area (Å²) in [7, 11) is 0. The average molecular weight is 233 g/mol. The fourth-order valence-electron chi connectivity index (χ4n) is 1.35. The Morgan fingerprint density at radius 3 is 2.59 bits per heavy atom. The zero-order chi connectivity index (χ0) is 12.8. The van der Waals surface area contributed by atoms with E-state index in [0.717, 1.165) is 5.56 Å². The van der Waals surface area contributed by atoms with Crippen LogP contribution in [0.15, 0.2) is 24.3 Å². The molecule has 1 rings (SSSR count). The van der Waals surface area contributed by atoms with Crippen molar-refractivity contribution >= 4 is 17.8 Å². The van der Waals surface area contributed by atoms with Crippen molar-refractivity contribution in [3.8, 4) is 5.75 Å². The first-order valence-corrected chi connectivity index (χ1v) is 5.25. The van der Waals surface area contributed by atoms with Crippen molar-refractivity contribution in [2.75, 3.05) is 6.54 Å². The Labute approximate surface area is 100.0 Å². The van der Waals surface area contributed by atoms with E-state index >= 15 is 0 Å². The summed E-state index contributed by atoms with van der Waals surface area (Å²) in [4.78, 5) is 21.7. The number of Topliss-reactive ketones (excluding diaryl/α,β-unsaturated/α-hetero) is 1. The minimum atomic E-state index is -0.170. The van der Waals surface area contributed by atoms with Crippen molar-refractivity contribution in [2.45, 2.75) is 13.8 Å². The van der Waals surface area contributed by atoms with E-state index in [4.69, 9.17) is 0 Å². The zero-order valence-corrected chi connectivity index (χ0v) is 9.86. The van der Waals surface area contributed by atoms with Gasteiger partial charge in [-0.2, -0.15) is 0 Å². The number of aromatic hydroxyl groups is 1. The van der Waals surface area contributed by atoms with Gasteiger partial charge in [0.05, 0.1) is 5.56 Å². The van der Waals surface area contributed by atoms with Crippen molar-refractivity contribution < 1.29 is 14.7 Å². The summed E-state index contributed by atoms with van der Waals surface area (Å²) in [6, 6.07) is 4.83. The van der Waals surface area contributed by atoms with Gasteiger partial charge < -0.3 is 10.4 Å². The average Bonchev–Trinajstić information content (AvgIpc) is 2.23. The molecule has 0 unspecified atom stereocenters. The van der Waals surface area contributed by atoms with Crippen molar-refractivity contribution in [1.29, 1.82) is 0 Å². The largest absolute Gasteiger partial charge is 0.507 e. The molecular weight excluding hydrogens is 218 g/mol. The Morgan fingerprint density at radius 2 is 2.06 bits per heavy atom. The molecule has 2 N–H and O–H groups in total. The number of hydrogen-bond donors (Lipinski definition) is 2. The highest BCUT2D eigenvalue weighted by atomic mass is 16.3. The minimum Gasteiger partial charge on any atom is -0.507 e. The molecule has 0 atom stereocenters. The summed E-state index contributed by atoms with van der Waals surface area (Å²) < 4.78 is 0. The van der Waals surface area contributed by atoms with Crippen molar-refractivity contribution in [2.24, 2.45) is 0 Å². The van der Waals surface area contributed by atoms with Crippen LogP contribution in [0.3, 0.4) is 0 Å². The third-order valence-corrected chi connectivity index (χ3v) is 2.18. The molecule has 0 aliphatic rings. The predicted octanol–water partition coefficient (Wildman–Crippen LogP) is 1.74. The molecule has 0 heterocycles. The Kier molecular flexibility index (Phi) is 4.46. The lowest BCUT2D eigenvalue weighted by Crippen LogP contribution is -2.19. The number of amides is 1. The summed E-state index contributed by atoms with van der Waals surface area (Å²) in [6.07, 6.45) is 3.53. The van der Waals surface area contributed by atoms with E-state index in [-0.39, 0.29) is 17.4 Å². The summed E-state index contributed by atoms with van der Waals surface area (Å²) in [5, 5.41) is 12.2. The summed E-state index contributed by atoms with van der Waals surface area (Å²) >= 11 is 0. The number of carbonyl (C=O) groups excluding carboxylic acids is 2. The fourth-order valence-corrected chi connectivity index (χ4v) is 1.35. The molecule has 0 aliphatic heterocycles. The number of nitrogens with one attached hydrogen (secondary N) is 1. The number of benzene rings is 1. The van der Waals surface area contributed by atoms with E-state index < -0.39 is 0 Å². The maximum Gasteiger partial charge on any atom is 0.217 e. The second kappa shape index (κ2) is 5.84. The van der Waals surface area contributed by atoms with Gasteiger partial charge in [0.1, 0.15) is 5.75 Å². The molecular formula is C13H15NO3. The summed E-state index contributed by atoms with van der Waals surface area (Å²) in [5.41, 5.74) is 1.09. The molecule has 0 radical (unpaired) electrons. The smallest absolute Gasteiger partial charge is 0.217 e. The highest BCUT2D eigenvalue weighted by molar-refractivity contribution is 5.96. The highest BCUT2D eigenvalue weighted by Crippen LogP contribution is 2.19. The zero-order valence-electron chi connectivity index (χ0n) is 9.86. The number of carbonyl (C=O) groups is 2. The van der Waals surface area contributed by atoms with E-state index in [0.29, 0.717) is 12.1 Å². The van der Waals surface area contributed by atoms with Crippen LogP contribution >= 0.6 is 0 Å². The van der Waals surface area contributed by atoms with Gasteiger partial charge in [-0.15, -0.1) is 0 Å². The molecule has 0 fully saturated rings. The number of hydrogen-bond acceptors (Lipinski definition) is 3. The van der Waals surface area contributed by atoms with E-state index in [9.17, 15) is 14.7 Å². The Bertz CT molecular complexity index is 464. The number of phenols is 1. The first-order chi connectivity index (χ1) is 8.00. The molecule has 0 bridgehead atoms. The normalized spacial score (nSPS) is 10.5. The molecule has 0 aromatic heterocycles. The molecule has 0 spiro atoms. The maximum atomic E-state index is 11.1. The first kappa shape index (κ1) is 13.0. The predicted molar refractivity (Wildman–Crippen MR) is 65.8 cm³/mol. The Morgan fingerprint density at radius 1 is 1.35 bits per heavy atom. The molecule has 0 saturated carbocycles. The number of phenolic OH excluding ortho intramolecular Hbond substituents is 1. The first-order valence-electron chi connectivity index (χ1n) is 5.25. The second-order valence-corrected chi connectivity index (χ2v) is 3.67. The molecule has 4 heteroatoms. The van der Waals surface area contributed by atoms with Crippen LogP contribution in [-0.2, 0) is 4.79 Å².